The highest BCUT2D eigenvalue weighted by atomic mass is 35.5. The largest absolute Gasteiger partial charge is 0.392 e. The average Bonchev–Trinajstić information content (AvgIpc) is 3.25. The molecule has 0 heterocycles. The zero-order chi connectivity index (χ0) is 43.8. The summed E-state index contributed by atoms with van der Waals surface area (Å²) in [6, 6.07) is 24.1. The smallest absolute Gasteiger partial charge is 0.0728 e. The molecule has 3 aromatic carbocycles. The Labute approximate surface area is 375 Å². The van der Waals surface area contributed by atoms with Gasteiger partial charge < -0.3 is 45.3 Å². The number of aliphatic hydroxyl groups excluding tert-OH is 3. The first kappa shape index (κ1) is 52.9. The van der Waals surface area contributed by atoms with Crippen LogP contribution in [-0.4, -0.2) is 124 Å². The molecule has 3 aromatic rings. The van der Waals surface area contributed by atoms with E-state index in [9.17, 15) is 15.3 Å². The third-order valence-corrected chi connectivity index (χ3v) is 13.4. The van der Waals surface area contributed by atoms with Crippen molar-refractivity contribution in [2.45, 2.75) is 151 Å². The van der Waals surface area contributed by atoms with Crippen molar-refractivity contribution in [2.24, 2.45) is 0 Å². The molecule has 3 aliphatic rings. The van der Waals surface area contributed by atoms with E-state index >= 15 is 0 Å². The van der Waals surface area contributed by atoms with Gasteiger partial charge in [-0.05, 0) is 114 Å². The van der Waals surface area contributed by atoms with Crippen LogP contribution >= 0.6 is 12.4 Å². The van der Waals surface area contributed by atoms with Crippen LogP contribution in [0.1, 0.15) is 147 Å². The van der Waals surface area contributed by atoms with Gasteiger partial charge >= 0.3 is 0 Å². The van der Waals surface area contributed by atoms with Gasteiger partial charge in [0.1, 0.15) is 0 Å². The molecule has 0 aliphatic heterocycles. The Morgan fingerprint density at radius 3 is 0.738 bits per heavy atom. The Balaban J connectivity index is 0.000000242. The molecule has 3 atom stereocenters. The van der Waals surface area contributed by atoms with Crippen molar-refractivity contribution in [1.29, 1.82) is 0 Å². The van der Waals surface area contributed by atoms with E-state index in [0.717, 1.165) is 113 Å². The lowest BCUT2D eigenvalue weighted by atomic mass is 9.72. The van der Waals surface area contributed by atoms with E-state index < -0.39 is 16.8 Å². The fraction of sp³-hybridized carbons (Fsp3) is 0.647. The zero-order valence-corrected chi connectivity index (χ0v) is 39.3. The van der Waals surface area contributed by atoms with Crippen molar-refractivity contribution in [3.63, 3.8) is 0 Å². The highest BCUT2D eigenvalue weighted by Gasteiger charge is 2.41. The minimum Gasteiger partial charge on any atom is -0.392 e. The van der Waals surface area contributed by atoms with Crippen molar-refractivity contribution in [3.05, 3.63) is 106 Å². The molecule has 3 saturated carbocycles. The predicted octanol–water partition coefficient (Wildman–Crippen LogP) is 7.98. The van der Waals surface area contributed by atoms with E-state index in [-0.39, 0.29) is 50.0 Å². The summed E-state index contributed by atoms with van der Waals surface area (Å²) in [5.41, 5.74) is 4.57. The maximum atomic E-state index is 11.1. The molecule has 10 heteroatoms. The highest BCUT2D eigenvalue weighted by molar-refractivity contribution is 5.85. The lowest BCUT2D eigenvalue weighted by Gasteiger charge is -2.41. The van der Waals surface area contributed by atoms with Gasteiger partial charge in [-0.15, -0.1) is 12.4 Å². The Morgan fingerprint density at radius 2 is 0.574 bits per heavy atom. The fourth-order valence-corrected chi connectivity index (χ4v) is 9.96. The number of halogens is 1. The number of benzene rings is 3. The first-order valence-electron chi connectivity index (χ1n) is 22.9. The van der Waals surface area contributed by atoms with Crippen LogP contribution in [0.5, 0.6) is 0 Å². The zero-order valence-electron chi connectivity index (χ0n) is 38.4. The molecule has 0 saturated heterocycles. The highest BCUT2D eigenvalue weighted by Crippen LogP contribution is 2.43. The van der Waals surface area contributed by atoms with Crippen LogP contribution in [0.4, 0.5) is 0 Å². The van der Waals surface area contributed by atoms with Crippen molar-refractivity contribution >= 4 is 12.4 Å². The molecule has 9 nitrogen and oxygen atoms in total. The van der Waals surface area contributed by atoms with Gasteiger partial charge in [0.15, 0.2) is 0 Å². The topological polar surface area (TPSA) is 131 Å². The number of nitrogens with zero attached hydrogens (tertiary/aromatic N) is 3. The second-order valence-electron chi connectivity index (χ2n) is 19.1. The molecular formula is C51H82ClN3O6. The summed E-state index contributed by atoms with van der Waals surface area (Å²) >= 11 is 0. The van der Waals surface area contributed by atoms with E-state index in [0.29, 0.717) is 0 Å². The number of aliphatic hydroxyl groups is 6. The summed E-state index contributed by atoms with van der Waals surface area (Å²) in [6.07, 6.45) is 15.8. The monoisotopic (exact) mass is 868 g/mol. The van der Waals surface area contributed by atoms with E-state index in [1.807, 2.05) is 36.4 Å². The Bertz CT molecular complexity index is 1420. The minimum absolute atomic E-state index is 0. The molecule has 0 aromatic heterocycles. The molecule has 0 spiro atoms. The molecule has 0 bridgehead atoms. The summed E-state index contributed by atoms with van der Waals surface area (Å²) in [5.74, 6) is 0.432. The Hall–Kier alpha value is -2.41. The maximum Gasteiger partial charge on any atom is 0.0728 e. The van der Waals surface area contributed by atoms with Crippen LogP contribution in [-0.2, 0) is 19.8 Å². The van der Waals surface area contributed by atoms with Gasteiger partial charge in [-0.3, -0.25) is 0 Å². The first-order valence-corrected chi connectivity index (χ1v) is 22.9. The van der Waals surface area contributed by atoms with E-state index in [2.05, 4.69) is 93.4 Å². The minimum atomic E-state index is -0.580. The van der Waals surface area contributed by atoms with E-state index in [1.54, 1.807) is 0 Å². The third kappa shape index (κ3) is 16.0. The van der Waals surface area contributed by atoms with Crippen LogP contribution in [0.3, 0.4) is 0 Å². The van der Waals surface area contributed by atoms with Crippen molar-refractivity contribution < 1.29 is 30.6 Å². The second-order valence-corrected chi connectivity index (χ2v) is 19.1. The quantitative estimate of drug-likeness (QED) is 0.0901. The Morgan fingerprint density at radius 1 is 0.377 bits per heavy atom. The normalized spacial score (nSPS) is 19.7. The molecule has 6 N–H and O–H groups in total. The number of hydrogen-bond donors (Lipinski definition) is 6. The molecule has 0 amide bonds. The Kier molecular flexibility index (Phi) is 22.4. The molecule has 344 valence electrons. The van der Waals surface area contributed by atoms with Gasteiger partial charge in [0.2, 0.25) is 0 Å². The SMILES string of the molecule is CN(C)CC(c1ccc(CO)cc1)C1(O)CCCCC1.CN(C)C[C@@H](c1ccc(CO)cc1)C1(O)CCCCC1.CN(C)C[C@@H](c1ccc(CO)cc1)C1(O)CCCCC1.Cl. The third-order valence-electron chi connectivity index (χ3n) is 13.4. The summed E-state index contributed by atoms with van der Waals surface area (Å²) in [5, 5.41) is 60.7. The van der Waals surface area contributed by atoms with Gasteiger partial charge in [-0.25, -0.2) is 0 Å². The molecule has 6 rings (SSSR count). The molecule has 3 aliphatic carbocycles. The summed E-state index contributed by atoms with van der Waals surface area (Å²) in [6.45, 7) is 2.79. The fourth-order valence-electron chi connectivity index (χ4n) is 9.96. The number of hydrogen-bond acceptors (Lipinski definition) is 9. The van der Waals surface area contributed by atoms with Crippen LogP contribution in [0, 0.1) is 0 Å². The molecule has 1 unspecified atom stereocenters. The van der Waals surface area contributed by atoms with Gasteiger partial charge in [-0.1, -0.05) is 131 Å². The lowest BCUT2D eigenvalue weighted by Crippen LogP contribution is -2.42. The van der Waals surface area contributed by atoms with Gasteiger partial charge in [0, 0.05) is 37.4 Å². The molecular weight excluding hydrogens is 786 g/mol. The van der Waals surface area contributed by atoms with Crippen molar-refractivity contribution in [2.75, 3.05) is 61.9 Å². The van der Waals surface area contributed by atoms with Crippen LogP contribution in [0.15, 0.2) is 72.8 Å². The average molecular weight is 869 g/mol. The lowest BCUT2D eigenvalue weighted by molar-refractivity contribution is -0.0280. The van der Waals surface area contributed by atoms with Gasteiger partial charge in [0.25, 0.3) is 0 Å². The van der Waals surface area contributed by atoms with Gasteiger partial charge in [0.05, 0.1) is 36.6 Å². The number of rotatable bonds is 15. The second kappa shape index (κ2) is 25.8. The predicted molar refractivity (Wildman–Crippen MR) is 252 cm³/mol. The van der Waals surface area contributed by atoms with Crippen LogP contribution in [0.25, 0.3) is 0 Å². The number of likely N-dealkylation sites (N-methyl/N-ethyl adjacent to an activating group) is 3. The van der Waals surface area contributed by atoms with Crippen molar-refractivity contribution in [1.82, 2.24) is 14.7 Å². The van der Waals surface area contributed by atoms with E-state index in [1.165, 1.54) is 36.0 Å². The van der Waals surface area contributed by atoms with E-state index in [4.69, 9.17) is 15.3 Å². The molecule has 0 radical (unpaired) electrons. The summed E-state index contributed by atoms with van der Waals surface area (Å²) in [4.78, 5) is 6.45. The van der Waals surface area contributed by atoms with Crippen LogP contribution in [0.2, 0.25) is 0 Å². The summed E-state index contributed by atoms with van der Waals surface area (Å²) < 4.78 is 0. The molecule has 61 heavy (non-hydrogen) atoms. The summed E-state index contributed by atoms with van der Waals surface area (Å²) in [7, 11) is 12.3. The maximum absolute atomic E-state index is 11.1. The van der Waals surface area contributed by atoms with Crippen molar-refractivity contribution in [3.8, 4) is 0 Å². The molecule has 3 fully saturated rings. The van der Waals surface area contributed by atoms with Crippen LogP contribution < -0.4 is 0 Å². The standard InChI is InChI=1S/3C17H27NO2.ClH/c3*1-18(2)12-16(17(20)10-4-3-5-11-17)15-8-6-14(13-19)7-9-15;/h3*6-9,16,19-20H,3-5,10-13H2,1-2H3;1H/t2*16-;;/m00../s1. The van der Waals surface area contributed by atoms with Gasteiger partial charge in [-0.2, -0.15) is 0 Å². The first-order chi connectivity index (χ1) is 28.6.